The van der Waals surface area contributed by atoms with E-state index in [1.54, 1.807) is 20.8 Å². The van der Waals surface area contributed by atoms with Gasteiger partial charge in [0.15, 0.2) is 0 Å². The summed E-state index contributed by atoms with van der Waals surface area (Å²) in [6, 6.07) is 25.0. The maximum absolute atomic E-state index is 12.5. The molecule has 1 atom stereocenters. The first kappa shape index (κ1) is 26.3. The van der Waals surface area contributed by atoms with Crippen LogP contribution in [0.2, 0.25) is 5.02 Å². The van der Waals surface area contributed by atoms with Crippen LogP contribution >= 0.6 is 11.6 Å². The van der Waals surface area contributed by atoms with Gasteiger partial charge in [-0.2, -0.15) is 0 Å². The molecule has 35 heavy (non-hydrogen) atoms. The van der Waals surface area contributed by atoms with E-state index in [1.807, 2.05) is 66.7 Å². The van der Waals surface area contributed by atoms with Gasteiger partial charge in [0.1, 0.15) is 12.2 Å². The zero-order valence-corrected chi connectivity index (χ0v) is 21.2. The summed E-state index contributed by atoms with van der Waals surface area (Å²) >= 11 is 6.11. The minimum absolute atomic E-state index is 0.0622. The van der Waals surface area contributed by atoms with E-state index in [1.165, 1.54) is 0 Å². The van der Waals surface area contributed by atoms with Gasteiger partial charge in [-0.25, -0.2) is 4.79 Å². The van der Waals surface area contributed by atoms with Crippen LogP contribution in [0.1, 0.15) is 44.7 Å². The molecule has 3 rings (SSSR count). The number of benzene rings is 3. The third-order valence-corrected chi connectivity index (χ3v) is 5.51. The molecule has 1 amide bonds. The minimum atomic E-state index is -0.626. The lowest BCUT2D eigenvalue weighted by Crippen LogP contribution is -2.40. The summed E-state index contributed by atoms with van der Waals surface area (Å²) in [4.78, 5) is 24.9. The van der Waals surface area contributed by atoms with Crippen LogP contribution in [-0.4, -0.2) is 23.7 Å². The molecule has 0 bridgehead atoms. The van der Waals surface area contributed by atoms with Crippen molar-refractivity contribution in [1.29, 1.82) is 0 Å². The Bertz CT molecular complexity index is 1110. The summed E-state index contributed by atoms with van der Waals surface area (Å²) < 4.78 is 10.8. The van der Waals surface area contributed by atoms with Gasteiger partial charge in [0.2, 0.25) is 0 Å². The zero-order chi connectivity index (χ0) is 25.3. The highest BCUT2D eigenvalue weighted by Crippen LogP contribution is 2.23. The lowest BCUT2D eigenvalue weighted by Gasteiger charge is -2.23. The molecule has 0 saturated carbocycles. The maximum atomic E-state index is 12.5. The van der Waals surface area contributed by atoms with Crippen LogP contribution in [0.15, 0.2) is 78.9 Å². The third kappa shape index (κ3) is 9.45. The predicted octanol–water partition coefficient (Wildman–Crippen LogP) is 6.97. The number of rotatable bonds is 9. The van der Waals surface area contributed by atoms with Gasteiger partial charge in [-0.15, -0.1) is 0 Å². The van der Waals surface area contributed by atoms with Crippen molar-refractivity contribution in [2.24, 2.45) is 0 Å². The monoisotopic (exact) mass is 493 g/mol. The standard InChI is InChI=1S/C29H32ClNO4/c1-29(2,3)35-28(33)31-26(19-27(32)34-20-22-8-5-4-6-9-22)17-14-21-12-15-23(16-13-21)24-10-7-11-25(30)18-24/h4-13,15-16,18,26H,14,17,19-20H2,1-3H3,(H,31,33)/t26-/m1/s1. The molecule has 0 spiro atoms. The number of alkyl carbamates (subject to hydrolysis) is 1. The minimum Gasteiger partial charge on any atom is -0.461 e. The molecule has 3 aromatic carbocycles. The summed E-state index contributed by atoms with van der Waals surface area (Å²) in [5, 5.41) is 3.54. The van der Waals surface area contributed by atoms with Crippen LogP contribution in [0.25, 0.3) is 11.1 Å². The van der Waals surface area contributed by atoms with E-state index in [4.69, 9.17) is 21.1 Å². The Hall–Kier alpha value is -3.31. The van der Waals surface area contributed by atoms with Crippen molar-refractivity contribution in [3.8, 4) is 11.1 Å². The van der Waals surface area contributed by atoms with Crippen molar-refractivity contribution in [2.45, 2.75) is 58.3 Å². The SMILES string of the molecule is CC(C)(C)OC(=O)N[C@H](CCc1ccc(-c2cccc(Cl)c2)cc1)CC(=O)OCc1ccccc1. The van der Waals surface area contributed by atoms with Gasteiger partial charge in [-0.1, -0.05) is 78.3 Å². The average Bonchev–Trinajstić information content (AvgIpc) is 2.81. The van der Waals surface area contributed by atoms with Crippen LogP contribution in [-0.2, 0) is 27.3 Å². The smallest absolute Gasteiger partial charge is 0.407 e. The number of aryl methyl sites for hydroxylation is 1. The molecule has 0 aliphatic rings. The predicted molar refractivity (Wildman–Crippen MR) is 139 cm³/mol. The fourth-order valence-electron chi connectivity index (χ4n) is 3.57. The summed E-state index contributed by atoms with van der Waals surface area (Å²) in [7, 11) is 0. The number of ether oxygens (including phenoxy) is 2. The van der Waals surface area contributed by atoms with Crippen LogP contribution in [0.5, 0.6) is 0 Å². The number of amides is 1. The highest BCUT2D eigenvalue weighted by atomic mass is 35.5. The van der Waals surface area contributed by atoms with Crippen LogP contribution < -0.4 is 5.32 Å². The van der Waals surface area contributed by atoms with Gasteiger partial charge in [0, 0.05) is 11.1 Å². The number of nitrogens with one attached hydrogen (secondary N) is 1. The van der Waals surface area contributed by atoms with Crippen molar-refractivity contribution < 1.29 is 19.1 Å². The van der Waals surface area contributed by atoms with E-state index in [9.17, 15) is 9.59 Å². The van der Waals surface area contributed by atoms with E-state index in [0.29, 0.717) is 17.9 Å². The lowest BCUT2D eigenvalue weighted by atomic mass is 9.99. The molecule has 0 saturated heterocycles. The van der Waals surface area contributed by atoms with E-state index < -0.39 is 17.7 Å². The highest BCUT2D eigenvalue weighted by Gasteiger charge is 2.22. The van der Waals surface area contributed by atoms with Gasteiger partial charge < -0.3 is 14.8 Å². The Balaban J connectivity index is 1.60. The zero-order valence-electron chi connectivity index (χ0n) is 20.4. The topological polar surface area (TPSA) is 64.6 Å². The van der Waals surface area contributed by atoms with Gasteiger partial charge in [0.25, 0.3) is 0 Å². The molecule has 0 radical (unpaired) electrons. The van der Waals surface area contributed by atoms with Crippen molar-refractivity contribution >= 4 is 23.7 Å². The number of carbonyl (C=O) groups is 2. The average molecular weight is 494 g/mol. The number of halogens is 1. The first-order chi connectivity index (χ1) is 16.7. The maximum Gasteiger partial charge on any atom is 0.407 e. The van der Waals surface area contributed by atoms with Crippen LogP contribution in [0.4, 0.5) is 4.79 Å². The summed E-state index contributed by atoms with van der Waals surface area (Å²) in [5.74, 6) is -0.369. The first-order valence-corrected chi connectivity index (χ1v) is 12.1. The van der Waals surface area contributed by atoms with E-state index >= 15 is 0 Å². The number of carbonyl (C=O) groups excluding carboxylic acids is 2. The Morgan fingerprint density at radius 1 is 0.886 bits per heavy atom. The molecule has 184 valence electrons. The number of hydrogen-bond acceptors (Lipinski definition) is 4. The Morgan fingerprint density at radius 3 is 2.26 bits per heavy atom. The van der Waals surface area contributed by atoms with E-state index in [2.05, 4.69) is 17.4 Å². The summed E-state index contributed by atoms with van der Waals surface area (Å²) in [6.45, 7) is 5.61. The quantitative estimate of drug-likeness (QED) is 0.327. The molecule has 0 aromatic heterocycles. The van der Waals surface area contributed by atoms with Gasteiger partial charge in [0.05, 0.1) is 6.42 Å². The molecule has 5 nitrogen and oxygen atoms in total. The molecule has 0 aliphatic heterocycles. The molecule has 0 unspecified atom stereocenters. The van der Waals surface area contributed by atoms with Crippen LogP contribution in [0.3, 0.4) is 0 Å². The van der Waals surface area contributed by atoms with E-state index in [-0.39, 0.29) is 19.0 Å². The van der Waals surface area contributed by atoms with E-state index in [0.717, 1.165) is 22.3 Å². The Labute approximate surface area is 212 Å². The second-order valence-corrected chi connectivity index (χ2v) is 9.88. The summed E-state index contributed by atoms with van der Waals surface area (Å²) in [5.41, 5.74) is 3.51. The highest BCUT2D eigenvalue weighted by molar-refractivity contribution is 6.30. The number of esters is 1. The molecule has 0 heterocycles. The molecule has 1 N–H and O–H groups in total. The Kier molecular flexibility index (Phi) is 9.32. The molecule has 0 aliphatic carbocycles. The summed E-state index contributed by atoms with van der Waals surface area (Å²) in [6.07, 6.45) is 0.764. The first-order valence-electron chi connectivity index (χ1n) is 11.7. The van der Waals surface area contributed by atoms with Crippen molar-refractivity contribution in [1.82, 2.24) is 5.32 Å². The normalized spacial score (nSPS) is 12.0. The van der Waals surface area contributed by atoms with Crippen LogP contribution in [0, 0.1) is 0 Å². The fourth-order valence-corrected chi connectivity index (χ4v) is 3.76. The second-order valence-electron chi connectivity index (χ2n) is 9.44. The third-order valence-electron chi connectivity index (χ3n) is 5.27. The number of hydrogen-bond donors (Lipinski definition) is 1. The molecular weight excluding hydrogens is 462 g/mol. The Morgan fingerprint density at radius 2 is 1.60 bits per heavy atom. The second kappa shape index (κ2) is 12.4. The lowest BCUT2D eigenvalue weighted by molar-refractivity contribution is -0.145. The fraction of sp³-hybridized carbons (Fsp3) is 0.310. The van der Waals surface area contributed by atoms with Crippen molar-refractivity contribution in [3.05, 3.63) is 95.0 Å². The van der Waals surface area contributed by atoms with Crippen molar-refractivity contribution in [2.75, 3.05) is 0 Å². The van der Waals surface area contributed by atoms with Gasteiger partial charge >= 0.3 is 12.1 Å². The molecule has 6 heteroatoms. The molecule has 3 aromatic rings. The molecule has 0 fully saturated rings. The van der Waals surface area contributed by atoms with Crippen molar-refractivity contribution in [3.63, 3.8) is 0 Å². The van der Waals surface area contributed by atoms with Gasteiger partial charge in [-0.05, 0) is 68.0 Å². The van der Waals surface area contributed by atoms with Gasteiger partial charge in [-0.3, -0.25) is 4.79 Å². The molecular formula is C29H32ClNO4. The largest absolute Gasteiger partial charge is 0.461 e.